The van der Waals surface area contributed by atoms with E-state index in [4.69, 9.17) is 9.15 Å². The van der Waals surface area contributed by atoms with Gasteiger partial charge in [0.2, 0.25) is 0 Å². The van der Waals surface area contributed by atoms with Gasteiger partial charge in [-0.3, -0.25) is 14.5 Å². The number of ether oxygens (including phenoxy) is 1. The summed E-state index contributed by atoms with van der Waals surface area (Å²) < 4.78 is 10.7. The molecule has 0 saturated heterocycles. The number of methoxy groups -OCH3 is 1. The van der Waals surface area contributed by atoms with E-state index in [0.717, 1.165) is 0 Å². The summed E-state index contributed by atoms with van der Waals surface area (Å²) >= 11 is 0. The predicted molar refractivity (Wildman–Crippen MR) is 104 cm³/mol. The van der Waals surface area contributed by atoms with Crippen LogP contribution in [0.4, 0.5) is 5.69 Å². The number of rotatable bonds is 6. The van der Waals surface area contributed by atoms with Gasteiger partial charge in [-0.1, -0.05) is 36.4 Å². The molecular weight excluding hydrogens is 356 g/mol. The Balaban J connectivity index is 1.79. The first kappa shape index (κ1) is 17.6. The minimum Gasteiger partial charge on any atom is -0.496 e. The highest BCUT2D eigenvalue weighted by molar-refractivity contribution is 6.36. The number of nitrogens with zero attached hydrogens (tertiary/aromatic N) is 1. The molecule has 4 rings (SSSR count). The van der Waals surface area contributed by atoms with E-state index in [-0.39, 0.29) is 17.8 Å². The van der Waals surface area contributed by atoms with Gasteiger partial charge in [-0.25, -0.2) is 0 Å². The van der Waals surface area contributed by atoms with Crippen LogP contribution in [0.15, 0.2) is 83.1 Å². The van der Waals surface area contributed by atoms with Crippen molar-refractivity contribution in [1.82, 2.24) is 4.90 Å². The van der Waals surface area contributed by atoms with Crippen molar-refractivity contribution in [2.75, 3.05) is 12.4 Å². The molecule has 0 saturated carbocycles. The quantitative estimate of drug-likeness (QED) is 0.667. The third kappa shape index (κ3) is 3.16. The topological polar surface area (TPSA) is 71.8 Å². The first-order valence-electron chi connectivity index (χ1n) is 8.77. The number of benzene rings is 2. The Labute approximate surface area is 162 Å². The maximum Gasteiger partial charge on any atom is 0.278 e. The van der Waals surface area contributed by atoms with Crippen LogP contribution in [-0.2, 0) is 16.1 Å². The van der Waals surface area contributed by atoms with Crippen LogP contribution in [0.3, 0.4) is 0 Å². The smallest absolute Gasteiger partial charge is 0.278 e. The lowest BCUT2D eigenvalue weighted by Gasteiger charge is -2.14. The first-order chi connectivity index (χ1) is 13.7. The van der Waals surface area contributed by atoms with Crippen molar-refractivity contribution in [3.8, 4) is 5.75 Å². The van der Waals surface area contributed by atoms with E-state index in [0.29, 0.717) is 22.8 Å². The van der Waals surface area contributed by atoms with Gasteiger partial charge in [0, 0.05) is 11.3 Å². The Morgan fingerprint density at radius 1 is 0.929 bits per heavy atom. The summed E-state index contributed by atoms with van der Waals surface area (Å²) in [5.41, 5.74) is 1.76. The lowest BCUT2D eigenvalue weighted by Crippen LogP contribution is -2.31. The standard InChI is InChI=1S/C22H18N2O4/c1-27-18-12-6-5-11-17(18)19-20(23-15-8-3-2-4-9-15)22(26)24(21(19)25)14-16-10-7-13-28-16/h2-13,23H,14H2,1H3. The predicted octanol–water partition coefficient (Wildman–Crippen LogP) is 3.68. The van der Waals surface area contributed by atoms with Crippen molar-refractivity contribution in [3.05, 3.63) is 90.0 Å². The largest absolute Gasteiger partial charge is 0.496 e. The van der Waals surface area contributed by atoms with E-state index < -0.39 is 11.8 Å². The average molecular weight is 374 g/mol. The zero-order valence-electron chi connectivity index (χ0n) is 15.2. The second-order valence-electron chi connectivity index (χ2n) is 6.22. The molecule has 0 atom stereocenters. The number of furan rings is 1. The van der Waals surface area contributed by atoms with Crippen molar-refractivity contribution in [2.24, 2.45) is 0 Å². The summed E-state index contributed by atoms with van der Waals surface area (Å²) in [5.74, 6) is 0.239. The molecule has 6 heteroatoms. The van der Waals surface area contributed by atoms with Crippen molar-refractivity contribution in [1.29, 1.82) is 0 Å². The molecule has 1 aliphatic heterocycles. The molecule has 2 heterocycles. The molecule has 0 spiro atoms. The first-order valence-corrected chi connectivity index (χ1v) is 8.77. The zero-order valence-corrected chi connectivity index (χ0v) is 15.2. The number of anilines is 1. The van der Waals surface area contributed by atoms with Crippen LogP contribution in [0.25, 0.3) is 5.57 Å². The summed E-state index contributed by atoms with van der Waals surface area (Å²) in [6.45, 7) is 0.0588. The molecule has 1 aliphatic rings. The number of amides is 2. The van der Waals surface area contributed by atoms with Gasteiger partial charge in [0.05, 0.1) is 25.5 Å². The summed E-state index contributed by atoms with van der Waals surface area (Å²) in [7, 11) is 1.53. The van der Waals surface area contributed by atoms with Crippen molar-refractivity contribution >= 4 is 23.1 Å². The minimum absolute atomic E-state index is 0.0588. The van der Waals surface area contributed by atoms with Gasteiger partial charge < -0.3 is 14.5 Å². The molecule has 28 heavy (non-hydrogen) atoms. The van der Waals surface area contributed by atoms with E-state index in [2.05, 4.69) is 5.32 Å². The van der Waals surface area contributed by atoms with E-state index in [1.807, 2.05) is 36.4 Å². The number of imide groups is 1. The van der Waals surface area contributed by atoms with Crippen molar-refractivity contribution < 1.29 is 18.7 Å². The van der Waals surface area contributed by atoms with Crippen molar-refractivity contribution in [3.63, 3.8) is 0 Å². The highest BCUT2D eigenvalue weighted by atomic mass is 16.5. The van der Waals surface area contributed by atoms with Gasteiger partial charge in [-0.2, -0.15) is 0 Å². The monoisotopic (exact) mass is 374 g/mol. The molecule has 6 nitrogen and oxygen atoms in total. The van der Waals surface area contributed by atoms with E-state index >= 15 is 0 Å². The second kappa shape index (κ2) is 7.44. The fraction of sp³-hybridized carbons (Fsp3) is 0.0909. The normalized spacial score (nSPS) is 14.0. The summed E-state index contributed by atoms with van der Waals surface area (Å²) in [4.78, 5) is 27.5. The Kier molecular flexibility index (Phi) is 4.68. The van der Waals surface area contributed by atoms with Crippen LogP contribution >= 0.6 is 0 Å². The van der Waals surface area contributed by atoms with E-state index in [1.54, 1.807) is 30.3 Å². The van der Waals surface area contributed by atoms with Gasteiger partial charge in [0.25, 0.3) is 11.8 Å². The molecule has 2 aromatic carbocycles. The Morgan fingerprint density at radius 3 is 2.39 bits per heavy atom. The molecule has 1 aromatic heterocycles. The molecule has 2 amide bonds. The van der Waals surface area contributed by atoms with Crippen LogP contribution in [0, 0.1) is 0 Å². The lowest BCUT2D eigenvalue weighted by atomic mass is 10.0. The molecule has 140 valence electrons. The number of hydrogen-bond donors (Lipinski definition) is 1. The number of nitrogens with one attached hydrogen (secondary N) is 1. The molecule has 3 aromatic rings. The van der Waals surface area contributed by atoms with Gasteiger partial charge in [0.1, 0.15) is 17.2 Å². The fourth-order valence-corrected chi connectivity index (χ4v) is 3.16. The van der Waals surface area contributed by atoms with Crippen LogP contribution in [0.5, 0.6) is 5.75 Å². The molecule has 0 radical (unpaired) electrons. The zero-order chi connectivity index (χ0) is 19.5. The van der Waals surface area contributed by atoms with E-state index in [1.165, 1.54) is 18.3 Å². The molecular formula is C22H18N2O4. The fourth-order valence-electron chi connectivity index (χ4n) is 3.16. The van der Waals surface area contributed by atoms with Crippen molar-refractivity contribution in [2.45, 2.75) is 6.54 Å². The van der Waals surface area contributed by atoms with Crippen LogP contribution in [-0.4, -0.2) is 23.8 Å². The summed E-state index contributed by atoms with van der Waals surface area (Å²) in [6, 6.07) is 19.8. The summed E-state index contributed by atoms with van der Waals surface area (Å²) in [5, 5.41) is 3.11. The molecule has 0 aliphatic carbocycles. The van der Waals surface area contributed by atoms with Crippen LogP contribution in [0.1, 0.15) is 11.3 Å². The average Bonchev–Trinajstić information content (AvgIpc) is 3.32. The minimum atomic E-state index is -0.411. The molecule has 1 N–H and O–H groups in total. The number of carbonyl (C=O) groups is 2. The van der Waals surface area contributed by atoms with Gasteiger partial charge in [0.15, 0.2) is 0 Å². The summed E-state index contributed by atoms with van der Waals surface area (Å²) in [6.07, 6.45) is 1.51. The second-order valence-corrected chi connectivity index (χ2v) is 6.22. The highest BCUT2D eigenvalue weighted by Crippen LogP contribution is 2.35. The number of hydrogen-bond acceptors (Lipinski definition) is 5. The Morgan fingerprint density at radius 2 is 1.68 bits per heavy atom. The van der Waals surface area contributed by atoms with Crippen LogP contribution in [0.2, 0.25) is 0 Å². The molecule has 0 unspecified atom stereocenters. The van der Waals surface area contributed by atoms with Gasteiger partial charge in [-0.05, 0) is 30.3 Å². The maximum absolute atomic E-state index is 13.2. The third-order valence-corrected chi connectivity index (χ3v) is 4.48. The van der Waals surface area contributed by atoms with Crippen LogP contribution < -0.4 is 10.1 Å². The Hall–Kier alpha value is -3.80. The Bertz CT molecular complexity index is 1040. The highest BCUT2D eigenvalue weighted by Gasteiger charge is 2.40. The maximum atomic E-state index is 13.2. The number of carbonyl (C=O) groups excluding carboxylic acids is 2. The SMILES string of the molecule is COc1ccccc1C1=C(Nc2ccccc2)C(=O)N(Cc2ccco2)C1=O. The van der Waals surface area contributed by atoms with Gasteiger partial charge >= 0.3 is 0 Å². The van der Waals surface area contributed by atoms with Gasteiger partial charge in [-0.15, -0.1) is 0 Å². The molecule has 0 bridgehead atoms. The number of para-hydroxylation sites is 2. The third-order valence-electron chi connectivity index (χ3n) is 4.48. The molecule has 0 fully saturated rings. The lowest BCUT2D eigenvalue weighted by molar-refractivity contribution is -0.137. The van der Waals surface area contributed by atoms with E-state index in [9.17, 15) is 9.59 Å².